The average molecular weight is 495 g/mol. The molecular weight excluding hydrogens is 464 g/mol. The van der Waals surface area contributed by atoms with Crippen molar-refractivity contribution in [2.45, 2.75) is 37.7 Å². The summed E-state index contributed by atoms with van der Waals surface area (Å²) in [6.07, 6.45) is 1.54. The van der Waals surface area contributed by atoms with E-state index in [4.69, 9.17) is 16.2 Å². The number of rotatable bonds is 9. The van der Waals surface area contributed by atoms with Crippen molar-refractivity contribution in [2.75, 3.05) is 33.4 Å². The Labute approximate surface area is 203 Å². The SMILES string of the molecule is C[NH-].[NH-]C(CC(=O)N1CCOCC1)C(=O)NC(CCCc1ccccc1)B(O)O.[Y]. The van der Waals surface area contributed by atoms with Crippen molar-refractivity contribution >= 4 is 18.9 Å². The van der Waals surface area contributed by atoms with Gasteiger partial charge in [-0.15, -0.1) is 0 Å². The number of aryl methyl sites for hydroxylation is 1. The summed E-state index contributed by atoms with van der Waals surface area (Å²) in [4.78, 5) is 25.9. The summed E-state index contributed by atoms with van der Waals surface area (Å²) in [5, 5.41) is 21.5. The van der Waals surface area contributed by atoms with Gasteiger partial charge in [0.25, 0.3) is 0 Å². The molecule has 0 aliphatic carbocycles. The molecule has 0 bridgehead atoms. The molecule has 1 radical (unpaired) electrons. The molecule has 0 saturated carbocycles. The first-order valence-electron chi connectivity index (χ1n) is 9.74. The van der Waals surface area contributed by atoms with Gasteiger partial charge in [-0.1, -0.05) is 30.3 Å². The van der Waals surface area contributed by atoms with Crippen molar-refractivity contribution < 1.29 is 57.1 Å². The van der Waals surface area contributed by atoms with E-state index in [1.165, 1.54) is 7.05 Å². The number of hydrogen-bond acceptors (Lipinski definition) is 5. The Morgan fingerprint density at radius 3 is 2.37 bits per heavy atom. The number of amides is 2. The van der Waals surface area contributed by atoms with Crippen LogP contribution in [0.4, 0.5) is 0 Å². The van der Waals surface area contributed by atoms with Crippen LogP contribution in [0.25, 0.3) is 11.5 Å². The number of ether oxygens (including phenoxy) is 1. The van der Waals surface area contributed by atoms with Crippen LogP contribution in [0, 0.1) is 0 Å². The van der Waals surface area contributed by atoms with Crippen LogP contribution in [0.2, 0.25) is 0 Å². The van der Waals surface area contributed by atoms with Crippen molar-refractivity contribution in [2.24, 2.45) is 0 Å². The Balaban J connectivity index is 0.00000272. The van der Waals surface area contributed by atoms with Gasteiger partial charge in [-0.05, 0) is 30.9 Å². The molecule has 1 aliphatic rings. The molecule has 30 heavy (non-hydrogen) atoms. The Kier molecular flexibility index (Phi) is 16.3. The molecule has 0 spiro atoms. The average Bonchev–Trinajstić information content (AvgIpc) is 2.75. The van der Waals surface area contributed by atoms with E-state index in [0.717, 1.165) is 12.0 Å². The van der Waals surface area contributed by atoms with Crippen LogP contribution in [0.3, 0.4) is 0 Å². The van der Waals surface area contributed by atoms with Crippen molar-refractivity contribution in [3.63, 3.8) is 0 Å². The minimum Gasteiger partial charge on any atom is -0.680 e. The normalized spacial score (nSPS) is 15.0. The summed E-state index contributed by atoms with van der Waals surface area (Å²) in [5.74, 6) is -1.81. The molecule has 2 rings (SSSR count). The van der Waals surface area contributed by atoms with E-state index in [0.29, 0.717) is 39.1 Å². The molecule has 1 fully saturated rings. The van der Waals surface area contributed by atoms with Gasteiger partial charge in [0.1, 0.15) is 0 Å². The molecule has 9 nitrogen and oxygen atoms in total. The van der Waals surface area contributed by atoms with Crippen LogP contribution in [-0.4, -0.2) is 79.2 Å². The second-order valence-electron chi connectivity index (χ2n) is 6.66. The van der Waals surface area contributed by atoms with Crippen LogP contribution in [0.15, 0.2) is 30.3 Å². The minimum absolute atomic E-state index is 0. The Morgan fingerprint density at radius 2 is 1.80 bits per heavy atom. The molecule has 1 aromatic carbocycles. The molecule has 2 atom stereocenters. The monoisotopic (exact) mass is 495 g/mol. The van der Waals surface area contributed by atoms with Gasteiger partial charge in [0, 0.05) is 52.2 Å². The van der Waals surface area contributed by atoms with E-state index in [9.17, 15) is 19.6 Å². The van der Waals surface area contributed by atoms with E-state index < -0.39 is 25.0 Å². The third-order valence-electron chi connectivity index (χ3n) is 4.57. The molecule has 1 aromatic rings. The van der Waals surface area contributed by atoms with E-state index in [2.05, 4.69) is 5.32 Å². The fourth-order valence-corrected chi connectivity index (χ4v) is 2.96. The molecule has 1 aliphatic heterocycles. The van der Waals surface area contributed by atoms with Crippen LogP contribution >= 0.6 is 0 Å². The number of nitrogens with zero attached hydrogens (tertiary/aromatic N) is 1. The van der Waals surface area contributed by atoms with E-state index >= 15 is 0 Å². The maximum atomic E-state index is 12.2. The minimum atomic E-state index is -1.72. The maximum absolute atomic E-state index is 12.2. The predicted molar refractivity (Wildman–Crippen MR) is 112 cm³/mol. The number of nitrogens with one attached hydrogen (secondary N) is 3. The van der Waals surface area contributed by atoms with Gasteiger partial charge in [-0.25, -0.2) is 0 Å². The molecule has 2 unspecified atom stereocenters. The van der Waals surface area contributed by atoms with Crippen LogP contribution < -0.4 is 5.32 Å². The van der Waals surface area contributed by atoms with Gasteiger partial charge in [-0.3, -0.25) is 9.59 Å². The van der Waals surface area contributed by atoms with Gasteiger partial charge in [0.05, 0.1) is 19.2 Å². The largest absolute Gasteiger partial charge is 0.680 e. The summed E-state index contributed by atoms with van der Waals surface area (Å²) in [5.41, 5.74) is 14.8. The zero-order valence-electron chi connectivity index (χ0n) is 17.4. The van der Waals surface area contributed by atoms with Crippen LogP contribution in [0.5, 0.6) is 0 Å². The quantitative estimate of drug-likeness (QED) is 0.435. The van der Waals surface area contributed by atoms with E-state index in [1.54, 1.807) is 4.90 Å². The molecular formula is C19H31BN4O5Y-2. The predicted octanol–water partition coefficient (Wildman–Crippen LogP) is 0.842. The maximum Gasteiger partial charge on any atom is 0.475 e. The number of morpholine rings is 1. The molecule has 2 amide bonds. The first-order valence-corrected chi connectivity index (χ1v) is 9.74. The molecule has 0 aromatic heterocycles. The van der Waals surface area contributed by atoms with Gasteiger partial charge in [0.2, 0.25) is 11.8 Å². The first-order chi connectivity index (χ1) is 14.0. The van der Waals surface area contributed by atoms with Gasteiger partial charge in [0.15, 0.2) is 0 Å². The number of benzene rings is 1. The molecule has 1 saturated heterocycles. The van der Waals surface area contributed by atoms with Gasteiger partial charge < -0.3 is 36.5 Å². The van der Waals surface area contributed by atoms with Gasteiger partial charge >= 0.3 is 7.12 Å². The summed E-state index contributed by atoms with van der Waals surface area (Å²) in [6, 6.07) is 8.49. The molecule has 1 heterocycles. The second kappa shape index (κ2) is 16.8. The molecule has 165 valence electrons. The Bertz CT molecular complexity index is 606. The number of hydrogen-bond donors (Lipinski definition) is 3. The zero-order valence-corrected chi connectivity index (χ0v) is 20.3. The Hall–Kier alpha value is -0.871. The van der Waals surface area contributed by atoms with Crippen molar-refractivity contribution in [3.8, 4) is 0 Å². The topological polar surface area (TPSA) is 147 Å². The molecule has 5 N–H and O–H groups in total. The first kappa shape index (κ1) is 29.1. The smallest absolute Gasteiger partial charge is 0.475 e. The Morgan fingerprint density at radius 1 is 1.20 bits per heavy atom. The zero-order chi connectivity index (χ0) is 21.6. The fourth-order valence-electron chi connectivity index (χ4n) is 2.96. The summed E-state index contributed by atoms with van der Waals surface area (Å²) in [7, 11) is -0.466. The fraction of sp³-hybridized carbons (Fsp3) is 0.579. The van der Waals surface area contributed by atoms with Crippen molar-refractivity contribution in [3.05, 3.63) is 47.4 Å². The summed E-state index contributed by atoms with van der Waals surface area (Å²) >= 11 is 0. The summed E-state index contributed by atoms with van der Waals surface area (Å²) < 4.78 is 5.18. The van der Waals surface area contributed by atoms with Crippen LogP contribution in [0.1, 0.15) is 24.8 Å². The molecule has 11 heteroatoms. The third-order valence-corrected chi connectivity index (χ3v) is 4.57. The van der Waals surface area contributed by atoms with Crippen LogP contribution in [-0.2, 0) is 53.5 Å². The van der Waals surface area contributed by atoms with E-state index in [-0.39, 0.29) is 45.0 Å². The van der Waals surface area contributed by atoms with E-state index in [1.807, 2.05) is 30.3 Å². The van der Waals surface area contributed by atoms with Crippen molar-refractivity contribution in [1.29, 1.82) is 0 Å². The number of carbonyl (C=O) groups excluding carboxylic acids is 2. The standard InChI is InChI=1S/C18H27BN3O5.CH4N.Y/c20-15(13-17(23)22-9-11-27-12-10-22)18(24)21-16(19(25)26)8-4-7-14-5-2-1-3-6-14;1-2;/h1-3,5-6,15-16,20,25-26H,4,7-13H2,(H,21,24);2H,1H3;/q2*-1;. The van der Waals surface area contributed by atoms with Gasteiger partial charge in [-0.2, -0.15) is 7.05 Å². The third kappa shape index (κ3) is 10.9. The summed E-state index contributed by atoms with van der Waals surface area (Å²) in [6.45, 7) is 1.84. The number of carbonyl (C=O) groups is 2. The van der Waals surface area contributed by atoms with Crippen molar-refractivity contribution in [1.82, 2.24) is 10.2 Å². The second-order valence-corrected chi connectivity index (χ2v) is 6.66.